The fraction of sp³-hybridized carbons (Fsp3) is 0.286. The number of nitrogens with one attached hydrogen (secondary N) is 1. The largest absolute Gasteiger partial charge is 0.341 e. The molecule has 0 radical (unpaired) electrons. The second-order valence-electron chi connectivity index (χ2n) is 4.04. The number of benzene rings is 1. The van der Waals surface area contributed by atoms with E-state index in [2.05, 4.69) is 4.84 Å². The Labute approximate surface area is 116 Å². The maximum absolute atomic E-state index is 11.6. The Morgan fingerprint density at radius 2 is 2.00 bits per heavy atom. The van der Waals surface area contributed by atoms with Gasteiger partial charge in [-0.05, 0) is 12.1 Å². The van der Waals surface area contributed by atoms with Crippen molar-refractivity contribution < 1.29 is 24.0 Å². The van der Waals surface area contributed by atoms with Gasteiger partial charge < -0.3 is 4.84 Å². The van der Waals surface area contributed by atoms with Gasteiger partial charge in [-0.15, -0.1) is 0 Å². The molecule has 0 heterocycles. The molecule has 0 aromatic heterocycles. The molecule has 20 heavy (non-hydrogen) atoms. The van der Waals surface area contributed by atoms with Gasteiger partial charge in [0.2, 0.25) is 0 Å². The molecule has 0 bridgehead atoms. The SMILES string of the molecule is CCC(=O)CCC(=O)ONC(=O)c1cccc(C=O)c1. The van der Waals surface area contributed by atoms with Crippen molar-refractivity contribution in [3.63, 3.8) is 0 Å². The maximum Gasteiger partial charge on any atom is 0.332 e. The van der Waals surface area contributed by atoms with E-state index in [1.165, 1.54) is 12.1 Å². The molecule has 0 aliphatic carbocycles. The molecule has 106 valence electrons. The topological polar surface area (TPSA) is 89.5 Å². The first-order valence-corrected chi connectivity index (χ1v) is 6.13. The standard InChI is InChI=1S/C14H15NO5/c1-2-12(17)6-7-13(18)20-15-14(19)11-5-3-4-10(8-11)9-16/h3-5,8-9H,2,6-7H2,1H3,(H,15,19). The van der Waals surface area contributed by atoms with Crippen LogP contribution < -0.4 is 5.48 Å². The zero-order valence-corrected chi connectivity index (χ0v) is 11.0. The van der Waals surface area contributed by atoms with Crippen LogP contribution in [0.15, 0.2) is 24.3 Å². The molecule has 1 N–H and O–H groups in total. The molecule has 6 heteroatoms. The minimum atomic E-state index is -0.688. The van der Waals surface area contributed by atoms with Gasteiger partial charge in [0, 0.05) is 24.0 Å². The Kier molecular flexibility index (Phi) is 6.09. The van der Waals surface area contributed by atoms with E-state index in [1.54, 1.807) is 19.1 Å². The van der Waals surface area contributed by atoms with Crippen molar-refractivity contribution in [3.8, 4) is 0 Å². The predicted octanol–water partition coefficient (Wildman–Crippen LogP) is 1.45. The summed E-state index contributed by atoms with van der Waals surface area (Å²) in [5.41, 5.74) is 2.52. The van der Waals surface area contributed by atoms with Crippen LogP contribution in [0.4, 0.5) is 0 Å². The minimum Gasteiger partial charge on any atom is -0.341 e. The number of hydroxylamine groups is 1. The highest BCUT2D eigenvalue weighted by atomic mass is 16.7. The fourth-order valence-corrected chi connectivity index (χ4v) is 1.38. The van der Waals surface area contributed by atoms with E-state index in [1.807, 2.05) is 5.48 Å². The van der Waals surface area contributed by atoms with E-state index in [0.29, 0.717) is 18.3 Å². The van der Waals surface area contributed by atoms with Crippen LogP contribution in [0, 0.1) is 0 Å². The van der Waals surface area contributed by atoms with Crippen LogP contribution in [0.3, 0.4) is 0 Å². The zero-order valence-electron chi connectivity index (χ0n) is 11.0. The minimum absolute atomic E-state index is 0.0491. The maximum atomic E-state index is 11.6. The van der Waals surface area contributed by atoms with Gasteiger partial charge in [0.25, 0.3) is 5.91 Å². The molecule has 1 amide bonds. The average Bonchev–Trinajstić information content (AvgIpc) is 2.50. The summed E-state index contributed by atoms with van der Waals surface area (Å²) in [6.07, 6.45) is 0.977. The van der Waals surface area contributed by atoms with Gasteiger partial charge in [-0.1, -0.05) is 19.1 Å². The first-order valence-electron chi connectivity index (χ1n) is 6.13. The summed E-state index contributed by atoms with van der Waals surface area (Å²) in [5, 5.41) is 0. The molecule has 0 aliphatic heterocycles. The molecular formula is C14H15NO5. The molecule has 1 rings (SSSR count). The highest BCUT2D eigenvalue weighted by molar-refractivity contribution is 5.95. The van der Waals surface area contributed by atoms with E-state index >= 15 is 0 Å². The van der Waals surface area contributed by atoms with Crippen LogP contribution in [-0.4, -0.2) is 23.9 Å². The van der Waals surface area contributed by atoms with E-state index in [9.17, 15) is 19.2 Å². The smallest absolute Gasteiger partial charge is 0.332 e. The van der Waals surface area contributed by atoms with Crippen LogP contribution in [0.5, 0.6) is 0 Å². The van der Waals surface area contributed by atoms with E-state index in [4.69, 9.17) is 0 Å². The van der Waals surface area contributed by atoms with Crippen molar-refractivity contribution in [2.75, 3.05) is 0 Å². The molecule has 0 unspecified atom stereocenters. The van der Waals surface area contributed by atoms with Gasteiger partial charge in [-0.25, -0.2) is 4.79 Å². The molecule has 0 fully saturated rings. The molecule has 0 spiro atoms. The number of Topliss-reactive ketones (excluding diaryl/α,β-unsaturated/α-hetero) is 1. The van der Waals surface area contributed by atoms with Gasteiger partial charge in [-0.3, -0.25) is 14.4 Å². The van der Waals surface area contributed by atoms with Crippen molar-refractivity contribution >= 4 is 23.9 Å². The van der Waals surface area contributed by atoms with Crippen molar-refractivity contribution in [2.45, 2.75) is 26.2 Å². The van der Waals surface area contributed by atoms with Gasteiger partial charge in [0.15, 0.2) is 0 Å². The lowest BCUT2D eigenvalue weighted by Gasteiger charge is -2.05. The number of carbonyl (C=O) groups is 4. The van der Waals surface area contributed by atoms with Gasteiger partial charge in [0.1, 0.15) is 12.1 Å². The molecule has 0 saturated carbocycles. The first kappa shape index (κ1) is 15.6. The van der Waals surface area contributed by atoms with Gasteiger partial charge >= 0.3 is 5.97 Å². The molecule has 1 aromatic rings. The Bertz CT molecular complexity index is 524. The third-order valence-corrected chi connectivity index (χ3v) is 2.54. The highest BCUT2D eigenvalue weighted by Gasteiger charge is 2.11. The number of aldehydes is 1. The summed E-state index contributed by atoms with van der Waals surface area (Å²) in [6, 6.07) is 5.94. The Morgan fingerprint density at radius 1 is 1.25 bits per heavy atom. The lowest BCUT2D eigenvalue weighted by Crippen LogP contribution is -2.27. The Hall–Kier alpha value is -2.50. The van der Waals surface area contributed by atoms with Crippen LogP contribution >= 0.6 is 0 Å². The third-order valence-electron chi connectivity index (χ3n) is 2.54. The normalized spacial score (nSPS) is 9.65. The quantitative estimate of drug-likeness (QED) is 0.627. The van der Waals surface area contributed by atoms with Gasteiger partial charge in [-0.2, -0.15) is 5.48 Å². The van der Waals surface area contributed by atoms with E-state index < -0.39 is 11.9 Å². The molecule has 1 aromatic carbocycles. The van der Waals surface area contributed by atoms with Crippen LogP contribution in [0.1, 0.15) is 46.9 Å². The summed E-state index contributed by atoms with van der Waals surface area (Å²) in [7, 11) is 0. The third kappa shape index (κ3) is 5.01. The number of hydrogen-bond donors (Lipinski definition) is 1. The number of carbonyl (C=O) groups excluding carboxylic acids is 4. The molecule has 0 saturated heterocycles. The Morgan fingerprint density at radius 3 is 2.65 bits per heavy atom. The molecule has 0 atom stereocenters. The zero-order chi connectivity index (χ0) is 15.0. The Balaban J connectivity index is 2.44. The van der Waals surface area contributed by atoms with Crippen molar-refractivity contribution in [1.29, 1.82) is 0 Å². The number of hydrogen-bond acceptors (Lipinski definition) is 5. The van der Waals surface area contributed by atoms with Gasteiger partial charge in [0.05, 0.1) is 6.42 Å². The number of rotatable bonds is 6. The van der Waals surface area contributed by atoms with Crippen molar-refractivity contribution in [3.05, 3.63) is 35.4 Å². The van der Waals surface area contributed by atoms with Crippen molar-refractivity contribution in [2.24, 2.45) is 0 Å². The lowest BCUT2D eigenvalue weighted by atomic mass is 10.1. The second-order valence-corrected chi connectivity index (χ2v) is 4.04. The summed E-state index contributed by atoms with van der Waals surface area (Å²) < 4.78 is 0. The molecule has 6 nitrogen and oxygen atoms in total. The first-order chi connectivity index (χ1) is 9.56. The second kappa shape index (κ2) is 7.83. The molecular weight excluding hydrogens is 262 g/mol. The summed E-state index contributed by atoms with van der Waals surface area (Å²) in [4.78, 5) is 49.1. The van der Waals surface area contributed by atoms with Crippen LogP contribution in [0.25, 0.3) is 0 Å². The lowest BCUT2D eigenvalue weighted by molar-refractivity contribution is -0.149. The fourth-order valence-electron chi connectivity index (χ4n) is 1.38. The average molecular weight is 277 g/mol. The van der Waals surface area contributed by atoms with E-state index in [0.717, 1.165) is 0 Å². The highest BCUT2D eigenvalue weighted by Crippen LogP contribution is 2.03. The van der Waals surface area contributed by atoms with Crippen LogP contribution in [0.2, 0.25) is 0 Å². The monoisotopic (exact) mass is 277 g/mol. The van der Waals surface area contributed by atoms with E-state index in [-0.39, 0.29) is 24.2 Å². The molecule has 0 aliphatic rings. The predicted molar refractivity (Wildman–Crippen MR) is 69.9 cm³/mol. The van der Waals surface area contributed by atoms with Crippen molar-refractivity contribution in [1.82, 2.24) is 5.48 Å². The summed E-state index contributed by atoms with van der Waals surface area (Å²) >= 11 is 0. The number of ketones is 1. The number of amides is 1. The van der Waals surface area contributed by atoms with Crippen LogP contribution in [-0.2, 0) is 14.4 Å². The summed E-state index contributed by atoms with van der Waals surface area (Å²) in [6.45, 7) is 1.70. The summed E-state index contributed by atoms with van der Waals surface area (Å²) in [5.74, 6) is -1.37.